The Morgan fingerprint density at radius 1 is 1.46 bits per heavy atom. The number of aromatic nitrogens is 1. The largest absolute Gasteiger partial charge is 0.268 e. The van der Waals surface area contributed by atoms with Gasteiger partial charge in [0.25, 0.3) is 6.43 Å². The highest BCUT2D eigenvalue weighted by molar-refractivity contribution is 6.33. The lowest BCUT2D eigenvalue weighted by atomic mass is 10.1. The standard InChI is InChI=1S/C7H2Cl2F2N2/c8-4-2-13-6(9)5(7(10)11)3(4)1-12/h2,7H. The van der Waals surface area contributed by atoms with E-state index < -0.39 is 17.1 Å². The van der Waals surface area contributed by atoms with Crippen molar-refractivity contribution in [3.8, 4) is 6.07 Å². The molecule has 6 heteroatoms. The summed E-state index contributed by atoms with van der Waals surface area (Å²) in [4.78, 5) is 3.41. The van der Waals surface area contributed by atoms with E-state index in [9.17, 15) is 8.78 Å². The predicted molar refractivity (Wildman–Crippen MR) is 43.9 cm³/mol. The second-order valence-corrected chi connectivity index (χ2v) is 2.86. The molecule has 0 spiro atoms. The molecule has 1 aromatic heterocycles. The van der Waals surface area contributed by atoms with E-state index in [1.807, 2.05) is 0 Å². The van der Waals surface area contributed by atoms with Gasteiger partial charge in [0.05, 0.1) is 16.1 Å². The van der Waals surface area contributed by atoms with Crippen molar-refractivity contribution in [2.75, 3.05) is 0 Å². The van der Waals surface area contributed by atoms with Crippen LogP contribution >= 0.6 is 23.2 Å². The molecule has 0 saturated carbocycles. The van der Waals surface area contributed by atoms with Gasteiger partial charge in [-0.25, -0.2) is 13.8 Å². The molecule has 0 amide bonds. The Bertz CT molecular complexity index is 373. The van der Waals surface area contributed by atoms with Crippen LogP contribution in [-0.2, 0) is 0 Å². The summed E-state index contributed by atoms with van der Waals surface area (Å²) in [6.45, 7) is 0. The lowest BCUT2D eigenvalue weighted by molar-refractivity contribution is 0.151. The van der Waals surface area contributed by atoms with Crippen molar-refractivity contribution in [2.24, 2.45) is 0 Å². The van der Waals surface area contributed by atoms with Crippen LogP contribution in [0.4, 0.5) is 8.78 Å². The van der Waals surface area contributed by atoms with E-state index in [1.165, 1.54) is 0 Å². The number of hydrogen-bond acceptors (Lipinski definition) is 2. The van der Waals surface area contributed by atoms with E-state index in [0.29, 0.717) is 0 Å². The fraction of sp³-hybridized carbons (Fsp3) is 0.143. The van der Waals surface area contributed by atoms with Crippen molar-refractivity contribution in [3.63, 3.8) is 0 Å². The summed E-state index contributed by atoms with van der Waals surface area (Å²) < 4.78 is 24.6. The van der Waals surface area contributed by atoms with Gasteiger partial charge in [-0.2, -0.15) is 5.26 Å². The molecule has 68 valence electrons. The molecule has 0 fully saturated rings. The van der Waals surface area contributed by atoms with Crippen molar-refractivity contribution in [2.45, 2.75) is 6.43 Å². The third-order valence-electron chi connectivity index (χ3n) is 1.35. The third kappa shape index (κ3) is 1.87. The highest BCUT2D eigenvalue weighted by atomic mass is 35.5. The number of pyridine rings is 1. The fourth-order valence-electron chi connectivity index (χ4n) is 0.792. The lowest BCUT2D eigenvalue weighted by Crippen LogP contribution is -1.95. The highest BCUT2D eigenvalue weighted by Gasteiger charge is 2.20. The molecule has 1 rings (SSSR count). The highest BCUT2D eigenvalue weighted by Crippen LogP contribution is 2.31. The predicted octanol–water partition coefficient (Wildman–Crippen LogP) is 3.20. The minimum atomic E-state index is -2.85. The van der Waals surface area contributed by atoms with E-state index in [1.54, 1.807) is 6.07 Å². The topological polar surface area (TPSA) is 36.7 Å². The van der Waals surface area contributed by atoms with Gasteiger partial charge in [-0.15, -0.1) is 0 Å². The van der Waals surface area contributed by atoms with E-state index in [-0.39, 0.29) is 10.6 Å². The molecule has 2 nitrogen and oxygen atoms in total. The molecular weight excluding hydrogens is 221 g/mol. The Morgan fingerprint density at radius 2 is 2.08 bits per heavy atom. The van der Waals surface area contributed by atoms with Crippen LogP contribution in [0.25, 0.3) is 0 Å². The number of halogens is 4. The van der Waals surface area contributed by atoms with Gasteiger partial charge in [0.15, 0.2) is 0 Å². The molecule has 0 radical (unpaired) electrons. The maximum atomic E-state index is 12.3. The van der Waals surface area contributed by atoms with Crippen LogP contribution < -0.4 is 0 Å². The van der Waals surface area contributed by atoms with E-state index in [2.05, 4.69) is 4.98 Å². The van der Waals surface area contributed by atoms with Crippen LogP contribution in [0.15, 0.2) is 6.20 Å². The summed E-state index contributed by atoms with van der Waals surface area (Å²) in [6.07, 6.45) is -1.79. The van der Waals surface area contributed by atoms with E-state index in [0.717, 1.165) is 6.20 Å². The quantitative estimate of drug-likeness (QED) is 0.685. The molecular formula is C7H2Cl2F2N2. The normalized spacial score (nSPS) is 10.2. The van der Waals surface area contributed by atoms with Crippen molar-refractivity contribution in [1.29, 1.82) is 5.26 Å². The van der Waals surface area contributed by atoms with Gasteiger partial charge >= 0.3 is 0 Å². The van der Waals surface area contributed by atoms with E-state index >= 15 is 0 Å². The molecule has 0 aliphatic carbocycles. The minimum absolute atomic E-state index is 0.123. The first-order valence-electron chi connectivity index (χ1n) is 3.10. The second kappa shape index (κ2) is 3.86. The molecule has 0 N–H and O–H groups in total. The Hall–Kier alpha value is -0.920. The number of hydrogen-bond donors (Lipinski definition) is 0. The van der Waals surface area contributed by atoms with Gasteiger partial charge in [0, 0.05) is 6.20 Å². The molecule has 0 unspecified atom stereocenters. The maximum Gasteiger partial charge on any atom is 0.268 e. The molecule has 0 saturated heterocycles. The van der Waals surface area contributed by atoms with Crippen molar-refractivity contribution < 1.29 is 8.78 Å². The summed E-state index contributed by atoms with van der Waals surface area (Å²) in [5.41, 5.74) is -0.937. The maximum absolute atomic E-state index is 12.3. The molecule has 0 aliphatic rings. The number of rotatable bonds is 1. The molecule has 0 aliphatic heterocycles. The summed E-state index contributed by atoms with van der Waals surface area (Å²) >= 11 is 10.8. The molecule has 13 heavy (non-hydrogen) atoms. The first kappa shape index (κ1) is 10.2. The first-order chi connectivity index (χ1) is 6.07. The van der Waals surface area contributed by atoms with Crippen LogP contribution in [0.1, 0.15) is 17.6 Å². The van der Waals surface area contributed by atoms with Crippen molar-refractivity contribution >= 4 is 23.2 Å². The lowest BCUT2D eigenvalue weighted by Gasteiger charge is -2.04. The van der Waals surface area contributed by atoms with E-state index in [4.69, 9.17) is 28.5 Å². The number of nitrogens with zero attached hydrogens (tertiary/aromatic N) is 2. The molecule has 1 aromatic rings. The van der Waals surface area contributed by atoms with Gasteiger partial charge in [-0.3, -0.25) is 0 Å². The summed E-state index contributed by atoms with van der Waals surface area (Å²) in [6, 6.07) is 1.55. The summed E-state index contributed by atoms with van der Waals surface area (Å²) in [7, 11) is 0. The molecule has 0 atom stereocenters. The van der Waals surface area contributed by atoms with Gasteiger partial charge in [-0.05, 0) is 0 Å². The summed E-state index contributed by atoms with van der Waals surface area (Å²) in [5, 5.41) is 8.00. The molecule has 0 aromatic carbocycles. The summed E-state index contributed by atoms with van der Waals surface area (Å²) in [5.74, 6) is 0. The zero-order chi connectivity index (χ0) is 10.0. The van der Waals surface area contributed by atoms with Crippen LogP contribution in [0.5, 0.6) is 0 Å². The molecule has 0 bridgehead atoms. The molecule has 1 heterocycles. The smallest absolute Gasteiger partial charge is 0.242 e. The van der Waals surface area contributed by atoms with Crippen molar-refractivity contribution in [1.82, 2.24) is 4.98 Å². The minimum Gasteiger partial charge on any atom is -0.242 e. The number of nitriles is 1. The monoisotopic (exact) mass is 222 g/mol. The number of alkyl halides is 2. The third-order valence-corrected chi connectivity index (χ3v) is 1.94. The van der Waals surface area contributed by atoms with Gasteiger partial charge < -0.3 is 0 Å². The van der Waals surface area contributed by atoms with Crippen molar-refractivity contribution in [3.05, 3.63) is 27.5 Å². The Kier molecular flexibility index (Phi) is 3.02. The van der Waals surface area contributed by atoms with Gasteiger partial charge in [0.2, 0.25) is 0 Å². The van der Waals surface area contributed by atoms with Gasteiger partial charge in [0.1, 0.15) is 11.2 Å². The first-order valence-corrected chi connectivity index (χ1v) is 3.85. The Balaban J connectivity index is 3.46. The fourth-order valence-corrected chi connectivity index (χ4v) is 1.21. The second-order valence-electron chi connectivity index (χ2n) is 2.10. The average Bonchev–Trinajstić information content (AvgIpc) is 2.07. The van der Waals surface area contributed by atoms with Crippen LogP contribution in [0.2, 0.25) is 10.2 Å². The Morgan fingerprint density at radius 3 is 2.46 bits per heavy atom. The van der Waals surface area contributed by atoms with Crippen LogP contribution in [0, 0.1) is 11.3 Å². The van der Waals surface area contributed by atoms with Crippen LogP contribution in [-0.4, -0.2) is 4.98 Å². The SMILES string of the molecule is N#Cc1c(Cl)cnc(Cl)c1C(F)F. The zero-order valence-electron chi connectivity index (χ0n) is 6.06. The average molecular weight is 223 g/mol. The van der Waals surface area contributed by atoms with Crippen LogP contribution in [0.3, 0.4) is 0 Å². The zero-order valence-corrected chi connectivity index (χ0v) is 7.57. The Labute approximate surface area is 82.7 Å². The van der Waals surface area contributed by atoms with Gasteiger partial charge in [-0.1, -0.05) is 23.2 Å².